The first-order chi connectivity index (χ1) is 9.49. The van der Waals surface area contributed by atoms with Crippen LogP contribution in [0, 0.1) is 0 Å². The highest BCUT2D eigenvalue weighted by atomic mass is 32.2. The summed E-state index contributed by atoms with van der Waals surface area (Å²) in [7, 11) is -0.500. The van der Waals surface area contributed by atoms with E-state index in [2.05, 4.69) is 9.62 Å². The van der Waals surface area contributed by atoms with Gasteiger partial charge in [0.1, 0.15) is 4.90 Å². The highest BCUT2D eigenvalue weighted by Gasteiger charge is 2.32. The number of ether oxygens (including phenoxy) is 1. The fourth-order valence-electron chi connectivity index (χ4n) is 2.17. The van der Waals surface area contributed by atoms with Crippen LogP contribution in [-0.4, -0.2) is 41.8 Å². The lowest BCUT2D eigenvalue weighted by molar-refractivity contribution is 0.205. The Labute approximate surface area is 120 Å². The average Bonchev–Trinajstić information content (AvgIpc) is 3.25. The Bertz CT molecular complexity index is 570. The van der Waals surface area contributed by atoms with Crippen LogP contribution in [0.2, 0.25) is 0 Å². The Hall–Kier alpha value is -1.31. The Morgan fingerprint density at radius 2 is 2.15 bits per heavy atom. The molecule has 0 aromatic heterocycles. The second-order valence-corrected chi connectivity index (χ2v) is 6.71. The summed E-state index contributed by atoms with van der Waals surface area (Å²) in [5, 5.41) is 0. The number of hydrogen-bond acceptors (Lipinski definition) is 5. The van der Waals surface area contributed by atoms with Crippen LogP contribution in [-0.2, 0) is 14.8 Å². The van der Waals surface area contributed by atoms with Crippen molar-refractivity contribution in [2.45, 2.75) is 23.8 Å². The summed E-state index contributed by atoms with van der Waals surface area (Å²) < 4.78 is 31.8. The van der Waals surface area contributed by atoms with Crippen LogP contribution in [0.5, 0.6) is 0 Å². The number of nitrogens with two attached hydrogens (primary N) is 1. The lowest BCUT2D eigenvalue weighted by Gasteiger charge is -2.26. The van der Waals surface area contributed by atoms with E-state index in [1.165, 1.54) is 13.1 Å². The number of hydrogen-bond donors (Lipinski definition) is 2. The normalized spacial score (nSPS) is 15.3. The zero-order valence-electron chi connectivity index (χ0n) is 11.8. The van der Waals surface area contributed by atoms with Crippen molar-refractivity contribution in [1.29, 1.82) is 0 Å². The van der Waals surface area contributed by atoms with Crippen molar-refractivity contribution >= 4 is 21.4 Å². The minimum Gasteiger partial charge on any atom is -0.399 e. The molecule has 3 N–H and O–H groups in total. The van der Waals surface area contributed by atoms with Crippen molar-refractivity contribution in [3.05, 3.63) is 18.2 Å². The molecule has 6 nitrogen and oxygen atoms in total. The maximum absolute atomic E-state index is 12.2. The third-order valence-corrected chi connectivity index (χ3v) is 4.82. The van der Waals surface area contributed by atoms with Gasteiger partial charge in [0.15, 0.2) is 0 Å². The quantitative estimate of drug-likeness (QED) is 0.727. The molecule has 1 fully saturated rings. The maximum Gasteiger partial charge on any atom is 0.242 e. The van der Waals surface area contributed by atoms with E-state index in [9.17, 15) is 8.42 Å². The van der Waals surface area contributed by atoms with E-state index in [0.29, 0.717) is 30.6 Å². The molecule has 2 rings (SSSR count). The average molecular weight is 299 g/mol. The van der Waals surface area contributed by atoms with Crippen LogP contribution in [0.15, 0.2) is 23.1 Å². The highest BCUT2D eigenvalue weighted by molar-refractivity contribution is 7.89. The summed E-state index contributed by atoms with van der Waals surface area (Å²) in [6, 6.07) is 5.39. The largest absolute Gasteiger partial charge is 0.399 e. The van der Waals surface area contributed by atoms with Crippen LogP contribution >= 0.6 is 0 Å². The lowest BCUT2D eigenvalue weighted by Crippen LogP contribution is -2.32. The van der Waals surface area contributed by atoms with E-state index >= 15 is 0 Å². The number of sulfonamides is 1. The topological polar surface area (TPSA) is 84.7 Å². The molecule has 1 aliphatic rings. The van der Waals surface area contributed by atoms with Crippen LogP contribution in [0.25, 0.3) is 0 Å². The second-order valence-electron chi connectivity index (χ2n) is 4.85. The zero-order valence-corrected chi connectivity index (χ0v) is 12.6. The molecule has 1 aliphatic carbocycles. The molecule has 1 aromatic carbocycles. The van der Waals surface area contributed by atoms with E-state index in [1.807, 2.05) is 0 Å². The van der Waals surface area contributed by atoms with Gasteiger partial charge < -0.3 is 15.4 Å². The van der Waals surface area contributed by atoms with Gasteiger partial charge in [-0.2, -0.15) is 0 Å². The zero-order chi connectivity index (χ0) is 14.8. The monoisotopic (exact) mass is 299 g/mol. The minimum absolute atomic E-state index is 0.225. The predicted molar refractivity (Wildman–Crippen MR) is 79.3 cm³/mol. The van der Waals surface area contributed by atoms with Gasteiger partial charge in [0.05, 0.1) is 12.3 Å². The van der Waals surface area contributed by atoms with E-state index in [0.717, 1.165) is 12.8 Å². The summed E-state index contributed by atoms with van der Waals surface area (Å²) >= 11 is 0. The highest BCUT2D eigenvalue weighted by Crippen LogP contribution is 2.35. The number of nitrogens with zero attached hydrogens (tertiary/aromatic N) is 1. The molecule has 0 spiro atoms. The maximum atomic E-state index is 12.2. The van der Waals surface area contributed by atoms with Gasteiger partial charge in [0.25, 0.3) is 0 Å². The molecule has 0 amide bonds. The van der Waals surface area contributed by atoms with Gasteiger partial charge in [0.2, 0.25) is 10.0 Å². The molecule has 0 saturated heterocycles. The summed E-state index contributed by atoms with van der Waals surface area (Å²) in [6.45, 7) is 1.22. The molecule has 0 atom stereocenters. The molecule has 0 unspecified atom stereocenters. The molecule has 0 aliphatic heterocycles. The standard InChI is InChI=1S/C13H21N3O3S/c1-15-20(17,18)13-9-10(14)3-6-12(13)16(7-8-19-2)11-4-5-11/h3,6,9,11,15H,4-5,7-8,14H2,1-2H3. The lowest BCUT2D eigenvalue weighted by atomic mass is 10.2. The van der Waals surface area contributed by atoms with Gasteiger partial charge in [-0.1, -0.05) is 0 Å². The first kappa shape index (κ1) is 15.1. The number of nitrogen functional groups attached to an aromatic ring is 1. The molecule has 0 radical (unpaired) electrons. The molecular formula is C13H21N3O3S. The second kappa shape index (κ2) is 5.99. The van der Waals surface area contributed by atoms with Gasteiger partial charge in [-0.15, -0.1) is 0 Å². The van der Waals surface area contributed by atoms with Crippen LogP contribution in [0.4, 0.5) is 11.4 Å². The molecule has 112 valence electrons. The Balaban J connectivity index is 2.43. The molecule has 7 heteroatoms. The molecule has 1 aromatic rings. The SMILES string of the molecule is CNS(=O)(=O)c1cc(N)ccc1N(CCOC)C1CC1. The van der Waals surface area contributed by atoms with Gasteiger partial charge in [-0.05, 0) is 38.1 Å². The third-order valence-electron chi connectivity index (χ3n) is 3.38. The fraction of sp³-hybridized carbons (Fsp3) is 0.538. The minimum atomic E-state index is -3.54. The third kappa shape index (κ3) is 3.23. The number of benzene rings is 1. The molecule has 0 heterocycles. The molecule has 1 saturated carbocycles. The first-order valence-electron chi connectivity index (χ1n) is 6.58. The van der Waals surface area contributed by atoms with Crippen LogP contribution in [0.1, 0.15) is 12.8 Å². The molecular weight excluding hydrogens is 278 g/mol. The first-order valence-corrected chi connectivity index (χ1v) is 8.06. The number of rotatable bonds is 7. The Kier molecular flexibility index (Phi) is 4.52. The van der Waals surface area contributed by atoms with Crippen LogP contribution < -0.4 is 15.4 Å². The number of nitrogens with one attached hydrogen (secondary N) is 1. The van der Waals surface area contributed by atoms with Crippen molar-refractivity contribution in [1.82, 2.24) is 4.72 Å². The Morgan fingerprint density at radius 3 is 2.70 bits per heavy atom. The van der Waals surface area contributed by atoms with E-state index in [-0.39, 0.29) is 4.90 Å². The smallest absolute Gasteiger partial charge is 0.242 e. The van der Waals surface area contributed by atoms with Gasteiger partial charge in [0, 0.05) is 25.4 Å². The van der Waals surface area contributed by atoms with E-state index in [4.69, 9.17) is 10.5 Å². The van der Waals surface area contributed by atoms with Gasteiger partial charge in [-0.3, -0.25) is 0 Å². The Morgan fingerprint density at radius 1 is 1.45 bits per heavy atom. The van der Waals surface area contributed by atoms with Crippen molar-refractivity contribution in [2.75, 3.05) is 37.9 Å². The van der Waals surface area contributed by atoms with E-state index in [1.54, 1.807) is 19.2 Å². The van der Waals surface area contributed by atoms with Crippen LogP contribution in [0.3, 0.4) is 0 Å². The number of anilines is 2. The summed E-state index contributed by atoms with van der Waals surface area (Å²) in [5.41, 5.74) is 6.86. The van der Waals surface area contributed by atoms with Gasteiger partial charge in [-0.25, -0.2) is 13.1 Å². The molecule has 0 bridgehead atoms. The number of methoxy groups -OCH3 is 1. The van der Waals surface area contributed by atoms with E-state index < -0.39 is 10.0 Å². The van der Waals surface area contributed by atoms with Crippen molar-refractivity contribution in [3.63, 3.8) is 0 Å². The van der Waals surface area contributed by atoms with Crippen molar-refractivity contribution in [2.24, 2.45) is 0 Å². The summed E-state index contributed by atoms with van der Waals surface area (Å²) in [6.07, 6.45) is 2.15. The van der Waals surface area contributed by atoms with Crippen molar-refractivity contribution in [3.8, 4) is 0 Å². The summed E-state index contributed by atoms with van der Waals surface area (Å²) in [5.74, 6) is 0. The predicted octanol–water partition coefficient (Wildman–Crippen LogP) is 0.792. The molecule has 20 heavy (non-hydrogen) atoms. The van der Waals surface area contributed by atoms with Gasteiger partial charge >= 0.3 is 0 Å². The summed E-state index contributed by atoms with van der Waals surface area (Å²) in [4.78, 5) is 2.32. The van der Waals surface area contributed by atoms with Crippen molar-refractivity contribution < 1.29 is 13.2 Å². The fourth-order valence-corrected chi connectivity index (χ4v) is 3.14.